The molecule has 0 aliphatic carbocycles. The highest BCUT2D eigenvalue weighted by molar-refractivity contribution is 5.92. The molecule has 0 radical (unpaired) electrons. The molecule has 1 aliphatic heterocycles. The number of ether oxygens (including phenoxy) is 1. The number of nitrogens with one attached hydrogen (secondary N) is 1. The number of rotatable bonds is 3. The minimum absolute atomic E-state index is 0.565. The molecular weight excluding hydrogens is 350 g/mol. The van der Waals surface area contributed by atoms with Gasteiger partial charge in [-0.05, 0) is 26.0 Å². The third-order valence-electron chi connectivity index (χ3n) is 5.02. The molecule has 5 heteroatoms. The zero-order chi connectivity index (χ0) is 19.1. The van der Waals surface area contributed by atoms with Crippen molar-refractivity contribution in [3.05, 3.63) is 59.7 Å². The Morgan fingerprint density at radius 2 is 1.86 bits per heavy atom. The molecular formula is C23H21N3O2. The number of fused-ring (bicyclic) bond motifs is 5. The van der Waals surface area contributed by atoms with Crippen molar-refractivity contribution >= 4 is 16.8 Å². The summed E-state index contributed by atoms with van der Waals surface area (Å²) in [4.78, 5) is 9.75. The first-order chi connectivity index (χ1) is 13.7. The van der Waals surface area contributed by atoms with E-state index in [1.165, 1.54) is 5.56 Å². The maximum Gasteiger partial charge on any atom is 0.196 e. The molecule has 4 aromatic rings. The molecule has 140 valence electrons. The van der Waals surface area contributed by atoms with Crippen LogP contribution in [0.4, 0.5) is 5.82 Å². The fourth-order valence-electron chi connectivity index (χ4n) is 3.63. The predicted molar refractivity (Wildman–Crippen MR) is 111 cm³/mol. The van der Waals surface area contributed by atoms with Crippen molar-refractivity contribution in [2.75, 3.05) is 18.5 Å². The fraction of sp³-hybridized carbons (Fsp3) is 0.217. The first kappa shape index (κ1) is 16.8. The van der Waals surface area contributed by atoms with Crippen LogP contribution >= 0.6 is 0 Å². The number of nitrogens with zero attached hydrogens (tertiary/aromatic N) is 2. The van der Waals surface area contributed by atoms with E-state index in [2.05, 4.69) is 43.4 Å². The molecule has 0 amide bonds. The second-order valence-electron chi connectivity index (χ2n) is 6.97. The highest BCUT2D eigenvalue weighted by Crippen LogP contribution is 2.43. The largest absolute Gasteiger partial charge is 0.488 e. The topological polar surface area (TPSA) is 60.2 Å². The summed E-state index contributed by atoms with van der Waals surface area (Å²) >= 11 is 0. The summed E-state index contributed by atoms with van der Waals surface area (Å²) in [6, 6.07) is 16.2. The maximum atomic E-state index is 6.20. The molecule has 0 saturated heterocycles. The summed E-state index contributed by atoms with van der Waals surface area (Å²) < 4.78 is 12.3. The number of benzene rings is 2. The van der Waals surface area contributed by atoms with Crippen molar-refractivity contribution in [2.24, 2.45) is 0 Å². The van der Waals surface area contributed by atoms with Gasteiger partial charge in [-0.1, -0.05) is 42.0 Å². The van der Waals surface area contributed by atoms with Gasteiger partial charge in [0, 0.05) is 24.1 Å². The molecule has 0 bridgehead atoms. The van der Waals surface area contributed by atoms with Crippen LogP contribution in [0.1, 0.15) is 18.1 Å². The molecule has 0 fully saturated rings. The Hall–Kier alpha value is -3.34. The molecule has 2 aromatic carbocycles. The highest BCUT2D eigenvalue weighted by Gasteiger charge is 2.27. The monoisotopic (exact) mass is 371 g/mol. The minimum atomic E-state index is 0.565. The van der Waals surface area contributed by atoms with Gasteiger partial charge in [-0.3, -0.25) is 0 Å². The lowest BCUT2D eigenvalue weighted by Gasteiger charge is -2.13. The Kier molecular flexibility index (Phi) is 4.01. The number of para-hydroxylation sites is 1. The van der Waals surface area contributed by atoms with Crippen molar-refractivity contribution in [3.63, 3.8) is 0 Å². The van der Waals surface area contributed by atoms with Crippen LogP contribution in [0.15, 0.2) is 52.9 Å². The molecule has 1 N–H and O–H groups in total. The van der Waals surface area contributed by atoms with E-state index >= 15 is 0 Å². The number of aromatic nitrogens is 2. The van der Waals surface area contributed by atoms with Gasteiger partial charge in [0.05, 0.1) is 12.0 Å². The van der Waals surface area contributed by atoms with Crippen LogP contribution in [0.5, 0.6) is 5.75 Å². The van der Waals surface area contributed by atoms with Crippen LogP contribution in [0.3, 0.4) is 0 Å². The molecule has 1 aliphatic rings. The molecule has 3 heterocycles. The normalized spacial score (nSPS) is 12.8. The summed E-state index contributed by atoms with van der Waals surface area (Å²) in [5, 5.41) is 4.38. The lowest BCUT2D eigenvalue weighted by atomic mass is 10.1. The van der Waals surface area contributed by atoms with Gasteiger partial charge in [-0.2, -0.15) is 0 Å². The predicted octanol–water partition coefficient (Wildman–Crippen LogP) is 5.23. The number of hydrogen-bond donors (Lipinski definition) is 1. The summed E-state index contributed by atoms with van der Waals surface area (Å²) in [7, 11) is 0. The third kappa shape index (κ3) is 2.71. The smallest absolute Gasteiger partial charge is 0.196 e. The van der Waals surface area contributed by atoms with Gasteiger partial charge < -0.3 is 14.5 Å². The summed E-state index contributed by atoms with van der Waals surface area (Å²) in [5.74, 6) is 2.98. The average Bonchev–Trinajstić information content (AvgIpc) is 2.98. The Morgan fingerprint density at radius 1 is 1.04 bits per heavy atom. The van der Waals surface area contributed by atoms with Gasteiger partial charge in [-0.15, -0.1) is 0 Å². The van der Waals surface area contributed by atoms with Crippen molar-refractivity contribution in [1.29, 1.82) is 0 Å². The first-order valence-corrected chi connectivity index (χ1v) is 9.61. The first-order valence-electron chi connectivity index (χ1n) is 9.61. The number of furan rings is 1. The zero-order valence-corrected chi connectivity index (χ0v) is 16.0. The second-order valence-corrected chi connectivity index (χ2v) is 6.97. The second kappa shape index (κ2) is 6.68. The van der Waals surface area contributed by atoms with E-state index < -0.39 is 0 Å². The Balaban J connectivity index is 1.77. The SMILES string of the molecule is CCNc1nc(-c2ccc(C)cc2)nc2c1CCOc1c-2oc2ccccc12. The van der Waals surface area contributed by atoms with Gasteiger partial charge >= 0.3 is 0 Å². The Bertz CT molecular complexity index is 1160. The van der Waals surface area contributed by atoms with E-state index in [0.717, 1.165) is 52.3 Å². The van der Waals surface area contributed by atoms with Gasteiger partial charge in [0.25, 0.3) is 0 Å². The zero-order valence-electron chi connectivity index (χ0n) is 16.0. The summed E-state index contributed by atoms with van der Waals surface area (Å²) in [6.07, 6.45) is 0.727. The van der Waals surface area contributed by atoms with E-state index in [4.69, 9.17) is 19.1 Å². The quantitative estimate of drug-likeness (QED) is 0.534. The number of hydrogen-bond acceptors (Lipinski definition) is 5. The van der Waals surface area contributed by atoms with Crippen LogP contribution < -0.4 is 10.1 Å². The van der Waals surface area contributed by atoms with Gasteiger partial charge in [0.1, 0.15) is 17.1 Å². The standard InChI is InChI=1S/C23H21N3O2/c1-3-24-23-17-12-13-27-20-16-6-4-5-7-18(16)28-21(20)19(17)25-22(26-23)15-10-8-14(2)9-11-15/h4-11H,3,12-13H2,1-2H3,(H,24,25,26). The lowest BCUT2D eigenvalue weighted by Crippen LogP contribution is -2.09. The molecule has 28 heavy (non-hydrogen) atoms. The number of aryl methyl sites for hydroxylation is 1. The number of anilines is 1. The van der Waals surface area contributed by atoms with Crippen LogP contribution in [0, 0.1) is 6.92 Å². The van der Waals surface area contributed by atoms with E-state index in [1.807, 2.05) is 24.3 Å². The van der Waals surface area contributed by atoms with E-state index in [1.54, 1.807) is 0 Å². The molecule has 5 rings (SSSR count). The van der Waals surface area contributed by atoms with Crippen LogP contribution in [0.25, 0.3) is 33.8 Å². The average molecular weight is 371 g/mol. The van der Waals surface area contributed by atoms with Crippen LogP contribution in [-0.2, 0) is 6.42 Å². The van der Waals surface area contributed by atoms with E-state index in [-0.39, 0.29) is 0 Å². The van der Waals surface area contributed by atoms with Crippen molar-refractivity contribution < 1.29 is 9.15 Å². The summed E-state index contributed by atoms with van der Waals surface area (Å²) in [6.45, 7) is 5.49. The molecule has 0 saturated carbocycles. The molecule has 2 aromatic heterocycles. The van der Waals surface area contributed by atoms with Crippen LogP contribution in [0.2, 0.25) is 0 Å². The van der Waals surface area contributed by atoms with Gasteiger partial charge in [0.2, 0.25) is 0 Å². The molecule has 0 spiro atoms. The maximum absolute atomic E-state index is 6.20. The van der Waals surface area contributed by atoms with E-state index in [0.29, 0.717) is 18.2 Å². The third-order valence-corrected chi connectivity index (χ3v) is 5.02. The Labute approximate surface area is 163 Å². The van der Waals surface area contributed by atoms with Crippen molar-refractivity contribution in [2.45, 2.75) is 20.3 Å². The van der Waals surface area contributed by atoms with Gasteiger partial charge in [-0.25, -0.2) is 9.97 Å². The van der Waals surface area contributed by atoms with Gasteiger partial charge in [0.15, 0.2) is 17.3 Å². The lowest BCUT2D eigenvalue weighted by molar-refractivity contribution is 0.327. The van der Waals surface area contributed by atoms with Crippen molar-refractivity contribution in [1.82, 2.24) is 9.97 Å². The summed E-state index contributed by atoms with van der Waals surface area (Å²) in [5.41, 5.74) is 4.84. The van der Waals surface area contributed by atoms with E-state index in [9.17, 15) is 0 Å². The molecule has 0 unspecified atom stereocenters. The minimum Gasteiger partial charge on any atom is -0.488 e. The highest BCUT2D eigenvalue weighted by atomic mass is 16.5. The van der Waals surface area contributed by atoms with Crippen molar-refractivity contribution in [3.8, 4) is 28.6 Å². The Morgan fingerprint density at radius 3 is 2.68 bits per heavy atom. The molecule has 0 atom stereocenters. The fourth-order valence-corrected chi connectivity index (χ4v) is 3.63. The molecule has 5 nitrogen and oxygen atoms in total. The van der Waals surface area contributed by atoms with Crippen LogP contribution in [-0.4, -0.2) is 23.1 Å².